The molecule has 0 radical (unpaired) electrons. The molecule has 3 aromatic rings. The van der Waals surface area contributed by atoms with Crippen molar-refractivity contribution in [2.24, 2.45) is 0 Å². The van der Waals surface area contributed by atoms with Crippen LogP contribution in [0.1, 0.15) is 42.1 Å². The Balaban J connectivity index is 2.13. The summed E-state index contributed by atoms with van der Waals surface area (Å²) in [6.45, 7) is 4.38. The molecule has 2 nitrogen and oxygen atoms in total. The summed E-state index contributed by atoms with van der Waals surface area (Å²) in [6, 6.07) is 15.3. The number of halogens is 2. The van der Waals surface area contributed by atoms with Crippen LogP contribution in [0.4, 0.5) is 0 Å². The van der Waals surface area contributed by atoms with Crippen LogP contribution >= 0.6 is 23.2 Å². The third-order valence-corrected chi connectivity index (χ3v) is 4.81. The number of aromatic nitrogens is 1. The summed E-state index contributed by atoms with van der Waals surface area (Å²) in [5.41, 5.74) is 4.10. The number of hydrogen-bond donors (Lipinski definition) is 0. The largest absolute Gasteiger partial charge is 0.276 e. The van der Waals surface area contributed by atoms with Gasteiger partial charge >= 0.3 is 0 Å². The molecule has 0 spiro atoms. The highest BCUT2D eigenvalue weighted by atomic mass is 35.5. The monoisotopic (exact) mass is 357 g/mol. The average molecular weight is 358 g/mol. The Morgan fingerprint density at radius 3 is 2.46 bits per heavy atom. The molecule has 1 aromatic heterocycles. The zero-order valence-electron chi connectivity index (χ0n) is 13.5. The molecule has 2 aromatic carbocycles. The Labute approximate surface area is 151 Å². The van der Waals surface area contributed by atoms with Gasteiger partial charge in [0.1, 0.15) is 0 Å². The van der Waals surface area contributed by atoms with Crippen molar-refractivity contribution in [1.82, 2.24) is 4.98 Å². The van der Waals surface area contributed by atoms with Crippen LogP contribution in [0.15, 0.2) is 48.5 Å². The van der Waals surface area contributed by atoms with Crippen molar-refractivity contribution in [3.05, 3.63) is 64.7 Å². The van der Waals surface area contributed by atoms with Gasteiger partial charge in [-0.05, 0) is 53.8 Å². The van der Waals surface area contributed by atoms with E-state index in [-0.39, 0.29) is 0 Å². The normalized spacial score (nSPS) is 12.3. The molecule has 0 fully saturated rings. The number of carbonyl (C=O) groups is 1. The lowest BCUT2D eigenvalue weighted by Crippen LogP contribution is -1.96. The summed E-state index contributed by atoms with van der Waals surface area (Å²) in [7, 11) is 0. The quantitative estimate of drug-likeness (QED) is 0.502. The van der Waals surface area contributed by atoms with Gasteiger partial charge in [-0.15, -0.1) is 0 Å². The first kappa shape index (κ1) is 16.9. The molecular formula is C20H17Cl2NO. The summed E-state index contributed by atoms with van der Waals surface area (Å²) in [5.74, 6) is 0.519. The van der Waals surface area contributed by atoms with E-state index < -0.39 is 5.24 Å². The van der Waals surface area contributed by atoms with Gasteiger partial charge in [-0.3, -0.25) is 4.79 Å². The third kappa shape index (κ3) is 3.31. The second kappa shape index (κ2) is 6.92. The summed E-state index contributed by atoms with van der Waals surface area (Å²) < 4.78 is 0. The van der Waals surface area contributed by atoms with Gasteiger partial charge in [-0.25, -0.2) is 4.98 Å². The highest BCUT2D eigenvalue weighted by Gasteiger charge is 2.13. The first-order chi connectivity index (χ1) is 11.5. The molecule has 0 N–H and O–H groups in total. The lowest BCUT2D eigenvalue weighted by atomic mass is 9.96. The molecule has 1 heterocycles. The fraction of sp³-hybridized carbons (Fsp3) is 0.200. The van der Waals surface area contributed by atoms with E-state index in [0.717, 1.165) is 17.7 Å². The van der Waals surface area contributed by atoms with Gasteiger partial charge in [0.2, 0.25) is 0 Å². The van der Waals surface area contributed by atoms with Gasteiger partial charge in [-0.2, -0.15) is 0 Å². The van der Waals surface area contributed by atoms with Gasteiger partial charge in [0, 0.05) is 21.5 Å². The van der Waals surface area contributed by atoms with Crippen molar-refractivity contribution in [3.8, 4) is 11.3 Å². The van der Waals surface area contributed by atoms with Crippen LogP contribution in [0.3, 0.4) is 0 Å². The zero-order chi connectivity index (χ0) is 17.3. The summed E-state index contributed by atoms with van der Waals surface area (Å²) in [5, 5.41) is 0.707. The van der Waals surface area contributed by atoms with Crippen molar-refractivity contribution in [2.45, 2.75) is 26.2 Å². The standard InChI is InChI=1S/C20H17Cl2NO/c1-3-12(2)13-4-6-14(7-5-13)19-11-17(20(22)24)16-10-15(21)8-9-18(16)23-19/h4-12H,3H2,1-2H3/t12-/m1/s1. The first-order valence-corrected chi connectivity index (χ1v) is 8.65. The van der Waals surface area contributed by atoms with Crippen molar-refractivity contribution >= 4 is 39.3 Å². The lowest BCUT2D eigenvalue weighted by molar-refractivity contribution is 0.108. The molecule has 122 valence electrons. The molecule has 0 aliphatic rings. The van der Waals surface area contributed by atoms with E-state index in [1.165, 1.54) is 5.56 Å². The molecular weight excluding hydrogens is 341 g/mol. The number of hydrogen-bond acceptors (Lipinski definition) is 2. The van der Waals surface area contributed by atoms with Crippen molar-refractivity contribution in [2.75, 3.05) is 0 Å². The maximum atomic E-state index is 11.8. The fourth-order valence-electron chi connectivity index (χ4n) is 2.73. The van der Waals surface area contributed by atoms with E-state index in [2.05, 4.69) is 31.0 Å². The molecule has 3 rings (SSSR count). The average Bonchev–Trinajstić information content (AvgIpc) is 2.60. The number of pyridine rings is 1. The topological polar surface area (TPSA) is 30.0 Å². The smallest absolute Gasteiger partial charge is 0.253 e. The van der Waals surface area contributed by atoms with Gasteiger partial charge in [0.15, 0.2) is 0 Å². The Morgan fingerprint density at radius 2 is 1.83 bits per heavy atom. The molecule has 0 saturated heterocycles. The van der Waals surface area contributed by atoms with E-state index in [1.54, 1.807) is 24.3 Å². The van der Waals surface area contributed by atoms with E-state index >= 15 is 0 Å². The lowest BCUT2D eigenvalue weighted by Gasteiger charge is -2.11. The van der Waals surface area contributed by atoms with Gasteiger partial charge in [0.25, 0.3) is 5.24 Å². The molecule has 0 amide bonds. The van der Waals surface area contributed by atoms with Gasteiger partial charge < -0.3 is 0 Å². The predicted octanol–water partition coefficient (Wildman–Crippen LogP) is 6.45. The number of rotatable bonds is 4. The minimum Gasteiger partial charge on any atom is -0.276 e. The van der Waals surface area contributed by atoms with Gasteiger partial charge in [-0.1, -0.05) is 49.7 Å². The fourth-order valence-corrected chi connectivity index (χ4v) is 3.06. The first-order valence-electron chi connectivity index (χ1n) is 7.90. The van der Waals surface area contributed by atoms with E-state index in [4.69, 9.17) is 23.2 Å². The minimum absolute atomic E-state index is 0.421. The minimum atomic E-state index is -0.512. The number of nitrogens with zero attached hydrogens (tertiary/aromatic N) is 1. The van der Waals surface area contributed by atoms with E-state index in [9.17, 15) is 4.79 Å². The molecule has 0 unspecified atom stereocenters. The van der Waals surface area contributed by atoms with Gasteiger partial charge in [0.05, 0.1) is 11.2 Å². The molecule has 1 atom stereocenters. The van der Waals surface area contributed by atoms with Crippen LogP contribution < -0.4 is 0 Å². The summed E-state index contributed by atoms with van der Waals surface area (Å²) in [6.07, 6.45) is 1.10. The second-order valence-electron chi connectivity index (χ2n) is 5.92. The van der Waals surface area contributed by atoms with E-state index in [1.807, 2.05) is 12.1 Å². The third-order valence-electron chi connectivity index (χ3n) is 4.37. The van der Waals surface area contributed by atoms with Crippen LogP contribution in [0.5, 0.6) is 0 Å². The van der Waals surface area contributed by atoms with Crippen molar-refractivity contribution < 1.29 is 4.79 Å². The van der Waals surface area contributed by atoms with Crippen molar-refractivity contribution in [1.29, 1.82) is 0 Å². The SMILES string of the molecule is CC[C@@H](C)c1ccc(-c2cc(C(=O)Cl)c3cc(Cl)ccc3n2)cc1. The highest BCUT2D eigenvalue weighted by Crippen LogP contribution is 2.29. The molecule has 24 heavy (non-hydrogen) atoms. The van der Waals surface area contributed by atoms with Crippen LogP contribution in [-0.4, -0.2) is 10.2 Å². The number of benzene rings is 2. The Hall–Kier alpha value is -1.90. The number of fused-ring (bicyclic) bond motifs is 1. The summed E-state index contributed by atoms with van der Waals surface area (Å²) in [4.78, 5) is 16.5. The molecule has 0 aliphatic heterocycles. The number of carbonyl (C=O) groups excluding carboxylic acids is 1. The Morgan fingerprint density at radius 1 is 1.12 bits per heavy atom. The summed E-state index contributed by atoms with van der Waals surface area (Å²) >= 11 is 11.8. The second-order valence-corrected chi connectivity index (χ2v) is 6.70. The maximum absolute atomic E-state index is 11.8. The Kier molecular flexibility index (Phi) is 4.88. The predicted molar refractivity (Wildman–Crippen MR) is 101 cm³/mol. The van der Waals surface area contributed by atoms with E-state index in [0.29, 0.717) is 27.4 Å². The Bertz CT molecular complexity index is 903. The highest BCUT2D eigenvalue weighted by molar-refractivity contribution is 6.68. The van der Waals surface area contributed by atoms with Crippen molar-refractivity contribution in [3.63, 3.8) is 0 Å². The molecule has 0 aliphatic carbocycles. The molecule has 0 saturated carbocycles. The van der Waals surface area contributed by atoms with Crippen LogP contribution in [0, 0.1) is 0 Å². The zero-order valence-corrected chi connectivity index (χ0v) is 15.0. The van der Waals surface area contributed by atoms with Crippen LogP contribution in [0.2, 0.25) is 5.02 Å². The maximum Gasteiger partial charge on any atom is 0.253 e. The molecule has 0 bridgehead atoms. The van der Waals surface area contributed by atoms with Crippen LogP contribution in [0.25, 0.3) is 22.2 Å². The van der Waals surface area contributed by atoms with Crippen LogP contribution in [-0.2, 0) is 0 Å². The molecule has 4 heteroatoms.